The van der Waals surface area contributed by atoms with E-state index in [9.17, 15) is 4.57 Å². The predicted octanol–water partition coefficient (Wildman–Crippen LogP) is 3.66. The van der Waals surface area contributed by atoms with Crippen LogP contribution in [0.5, 0.6) is 17.2 Å². The molecule has 0 fully saturated rings. The van der Waals surface area contributed by atoms with Gasteiger partial charge in [-0.05, 0) is 24.1 Å². The van der Waals surface area contributed by atoms with Crippen molar-refractivity contribution in [3.63, 3.8) is 0 Å². The van der Waals surface area contributed by atoms with Gasteiger partial charge in [0.15, 0.2) is 17.3 Å². The van der Waals surface area contributed by atoms with Gasteiger partial charge in [-0.25, -0.2) is 0 Å². The molecule has 2 atom stereocenters. The lowest BCUT2D eigenvalue weighted by atomic mass is 10.0. The number of methoxy groups -OCH3 is 3. The van der Waals surface area contributed by atoms with Gasteiger partial charge >= 0.3 is 7.60 Å². The molecule has 146 valence electrons. The smallest absolute Gasteiger partial charge is 0.358 e. The first-order valence-corrected chi connectivity index (χ1v) is 9.79. The topological polar surface area (TPSA) is 91.2 Å². The molecule has 1 aliphatic rings. The third-order valence-corrected chi connectivity index (χ3v) is 6.25. The van der Waals surface area contributed by atoms with Crippen molar-refractivity contribution in [2.45, 2.75) is 25.2 Å². The van der Waals surface area contributed by atoms with E-state index in [1.165, 1.54) is 21.3 Å². The van der Waals surface area contributed by atoms with Crippen LogP contribution in [-0.2, 0) is 13.6 Å². The molecule has 26 heavy (non-hydrogen) atoms. The summed E-state index contributed by atoms with van der Waals surface area (Å²) >= 11 is 0. The van der Waals surface area contributed by atoms with Crippen molar-refractivity contribution in [2.24, 2.45) is 10.3 Å². The van der Waals surface area contributed by atoms with Crippen molar-refractivity contribution in [3.8, 4) is 17.2 Å². The van der Waals surface area contributed by atoms with Crippen LogP contribution >= 0.6 is 7.60 Å². The van der Waals surface area contributed by atoms with Crippen LogP contribution in [0.4, 0.5) is 0 Å². The van der Waals surface area contributed by atoms with Gasteiger partial charge in [-0.3, -0.25) is 9.57 Å². The molecule has 10 heteroatoms. The van der Waals surface area contributed by atoms with Gasteiger partial charge < -0.3 is 23.3 Å². The Morgan fingerprint density at radius 2 is 1.62 bits per heavy atom. The van der Waals surface area contributed by atoms with Crippen molar-refractivity contribution in [1.29, 1.82) is 0 Å². The zero-order valence-corrected chi connectivity index (χ0v) is 16.9. The summed E-state index contributed by atoms with van der Waals surface area (Å²) in [6.45, 7) is 2.66. The summed E-state index contributed by atoms with van der Waals surface area (Å²) in [6.07, 6.45) is 0.844. The van der Waals surface area contributed by atoms with Crippen LogP contribution in [0.2, 0.25) is 0 Å². The molecule has 1 aromatic carbocycles. The van der Waals surface area contributed by atoms with Gasteiger partial charge in [0.25, 0.3) is 0 Å². The maximum Gasteiger partial charge on any atom is 0.358 e. The molecule has 9 nitrogen and oxygen atoms in total. The Kier molecular flexibility index (Phi) is 6.86. The van der Waals surface area contributed by atoms with Gasteiger partial charge in [-0.1, -0.05) is 12.1 Å². The van der Waals surface area contributed by atoms with Crippen LogP contribution in [0, 0.1) is 0 Å². The van der Waals surface area contributed by atoms with Gasteiger partial charge in [-0.15, -0.1) is 0 Å². The third kappa shape index (κ3) is 3.65. The van der Waals surface area contributed by atoms with Crippen molar-refractivity contribution in [3.05, 3.63) is 17.7 Å². The Hall–Kier alpha value is -1.83. The maximum atomic E-state index is 13.0. The third-order valence-electron chi connectivity index (χ3n) is 4.20. The first kappa shape index (κ1) is 20.5. The van der Waals surface area contributed by atoms with Crippen LogP contribution in [0.15, 0.2) is 22.5 Å². The van der Waals surface area contributed by atoms with E-state index >= 15 is 0 Å². The van der Waals surface area contributed by atoms with Crippen molar-refractivity contribution in [2.75, 3.05) is 42.1 Å². The fourth-order valence-electron chi connectivity index (χ4n) is 2.95. The lowest BCUT2D eigenvalue weighted by Gasteiger charge is -2.29. The molecule has 0 aromatic heterocycles. The molecule has 0 saturated heterocycles. The molecule has 0 bridgehead atoms. The number of benzene rings is 1. The highest BCUT2D eigenvalue weighted by molar-refractivity contribution is 7.54. The number of hydrogen-bond acceptors (Lipinski definition) is 9. The number of ether oxygens (including phenoxy) is 3. The first-order valence-electron chi connectivity index (χ1n) is 8.18. The molecule has 0 N–H and O–H groups in total. The SMILES string of the molecule is CCCN1N=N[C@@H](P(=O)(OC)OC)[C@@H]1c1cc(OC)c(OC)c(OC)c1. The van der Waals surface area contributed by atoms with Crippen LogP contribution < -0.4 is 14.2 Å². The molecule has 0 radical (unpaired) electrons. The zero-order chi connectivity index (χ0) is 19.3. The van der Waals surface area contributed by atoms with Crippen LogP contribution in [0.3, 0.4) is 0 Å². The Morgan fingerprint density at radius 3 is 2.04 bits per heavy atom. The molecule has 1 aliphatic heterocycles. The van der Waals surface area contributed by atoms with Gasteiger partial charge in [0.1, 0.15) is 6.04 Å². The largest absolute Gasteiger partial charge is 0.493 e. The van der Waals surface area contributed by atoms with Crippen LogP contribution in [0.25, 0.3) is 0 Å². The highest BCUT2D eigenvalue weighted by Crippen LogP contribution is 2.60. The average Bonchev–Trinajstić information content (AvgIpc) is 3.10. The summed E-state index contributed by atoms with van der Waals surface area (Å²) in [5.41, 5.74) is 0.761. The minimum absolute atomic E-state index is 0.450. The van der Waals surface area contributed by atoms with Crippen LogP contribution in [0.1, 0.15) is 24.9 Å². The summed E-state index contributed by atoms with van der Waals surface area (Å²) in [5, 5.41) is 10.2. The van der Waals surface area contributed by atoms with E-state index in [0.717, 1.165) is 12.0 Å². The Labute approximate surface area is 153 Å². The fraction of sp³-hybridized carbons (Fsp3) is 0.625. The van der Waals surface area contributed by atoms with E-state index in [0.29, 0.717) is 23.8 Å². The number of hydrogen-bond donors (Lipinski definition) is 0. The number of rotatable bonds is 9. The second kappa shape index (κ2) is 8.70. The molecular formula is C16H26N3O6P. The van der Waals surface area contributed by atoms with Gasteiger partial charge in [0, 0.05) is 20.8 Å². The zero-order valence-electron chi connectivity index (χ0n) is 16.0. The lowest BCUT2D eigenvalue weighted by Crippen LogP contribution is -2.28. The average molecular weight is 387 g/mol. The summed E-state index contributed by atoms with van der Waals surface area (Å²) in [6, 6.07) is 3.15. The Balaban J connectivity index is 2.58. The molecule has 1 aromatic rings. The van der Waals surface area contributed by atoms with E-state index in [4.69, 9.17) is 23.3 Å². The lowest BCUT2D eigenvalue weighted by molar-refractivity contribution is 0.211. The minimum Gasteiger partial charge on any atom is -0.493 e. The fourth-order valence-corrected chi connectivity index (χ4v) is 4.37. The second-order valence-corrected chi connectivity index (χ2v) is 7.93. The van der Waals surface area contributed by atoms with Crippen LogP contribution in [-0.4, -0.2) is 52.9 Å². The summed E-state index contributed by atoms with van der Waals surface area (Å²) in [4.78, 5) is 0. The van der Waals surface area contributed by atoms with Crippen molar-refractivity contribution in [1.82, 2.24) is 5.01 Å². The molecule has 0 saturated carbocycles. The minimum atomic E-state index is -3.49. The molecular weight excluding hydrogens is 361 g/mol. The Morgan fingerprint density at radius 1 is 1.04 bits per heavy atom. The van der Waals surface area contributed by atoms with E-state index < -0.39 is 19.4 Å². The van der Waals surface area contributed by atoms with Gasteiger partial charge in [0.05, 0.1) is 21.3 Å². The van der Waals surface area contributed by atoms with Crippen molar-refractivity contribution < 1.29 is 27.8 Å². The molecule has 0 unspecified atom stereocenters. The Bertz CT molecular complexity index is 666. The van der Waals surface area contributed by atoms with E-state index in [1.807, 2.05) is 6.92 Å². The first-order chi connectivity index (χ1) is 12.5. The summed E-state index contributed by atoms with van der Waals surface area (Å²) in [7, 11) is 3.81. The standard InChI is InChI=1S/C16H26N3O6P/c1-7-8-19-14(16(17-18-19)26(20,24-5)25-6)11-9-12(21-2)15(23-4)13(10-11)22-3/h9-10,14,16H,7-8H2,1-6H3/t14-,16-/m0/s1. The summed E-state index contributed by atoms with van der Waals surface area (Å²) in [5.74, 6) is 0.667. The monoisotopic (exact) mass is 387 g/mol. The van der Waals surface area contributed by atoms with Gasteiger partial charge in [0.2, 0.25) is 5.75 Å². The number of nitrogens with zero attached hydrogens (tertiary/aromatic N) is 3. The van der Waals surface area contributed by atoms with Crippen molar-refractivity contribution >= 4 is 7.60 Å². The second-order valence-electron chi connectivity index (χ2n) is 5.59. The predicted molar refractivity (Wildman–Crippen MR) is 96.1 cm³/mol. The molecule has 0 amide bonds. The molecule has 1 heterocycles. The quantitative estimate of drug-likeness (QED) is 0.597. The molecule has 2 rings (SSSR count). The van der Waals surface area contributed by atoms with Gasteiger partial charge in [-0.2, -0.15) is 5.11 Å². The highest BCUT2D eigenvalue weighted by atomic mass is 31.2. The summed E-state index contributed by atoms with van der Waals surface area (Å²) < 4.78 is 39.6. The molecule has 0 spiro atoms. The normalized spacial score (nSPS) is 19.7. The molecule has 0 aliphatic carbocycles. The highest BCUT2D eigenvalue weighted by Gasteiger charge is 2.48. The maximum absolute atomic E-state index is 13.0. The van der Waals surface area contributed by atoms with E-state index in [2.05, 4.69) is 10.3 Å². The van der Waals surface area contributed by atoms with E-state index in [1.54, 1.807) is 31.4 Å². The van der Waals surface area contributed by atoms with E-state index in [-0.39, 0.29) is 0 Å².